The van der Waals surface area contributed by atoms with Crippen LogP contribution in [-0.4, -0.2) is 73.8 Å². The molecule has 0 radical (unpaired) electrons. The third-order valence-corrected chi connectivity index (χ3v) is 4.88. The first-order chi connectivity index (χ1) is 12.7. The fourth-order valence-corrected chi connectivity index (χ4v) is 3.43. The molecule has 2 saturated heterocycles. The number of hydrogen-bond donors (Lipinski definition) is 1. The SMILES string of the molecule is O=C(Nc1ccc2c(c1)OCCO2)N1CCN(C(=O)[C@@H]2CCCO2)CC1. The smallest absolute Gasteiger partial charge is 0.321 e. The molecule has 1 N–H and O–H groups in total. The molecule has 3 heterocycles. The highest BCUT2D eigenvalue weighted by molar-refractivity contribution is 5.90. The molecule has 0 bridgehead atoms. The number of benzene rings is 1. The molecule has 8 heteroatoms. The summed E-state index contributed by atoms with van der Waals surface area (Å²) in [5.41, 5.74) is 0.664. The number of amides is 3. The first kappa shape index (κ1) is 17.0. The molecule has 140 valence electrons. The van der Waals surface area contributed by atoms with Gasteiger partial charge >= 0.3 is 6.03 Å². The molecule has 8 nitrogen and oxygen atoms in total. The Kier molecular flexibility index (Phi) is 4.83. The number of anilines is 1. The fraction of sp³-hybridized carbons (Fsp3) is 0.556. The molecule has 0 aromatic heterocycles. The van der Waals surface area contributed by atoms with Crippen LogP contribution in [-0.2, 0) is 9.53 Å². The zero-order valence-electron chi connectivity index (χ0n) is 14.6. The predicted octanol–water partition coefficient (Wildman–Crippen LogP) is 1.31. The van der Waals surface area contributed by atoms with E-state index < -0.39 is 0 Å². The van der Waals surface area contributed by atoms with E-state index in [0.717, 1.165) is 12.8 Å². The number of ether oxygens (including phenoxy) is 3. The average molecular weight is 361 g/mol. The standard InChI is InChI=1S/C18H23N3O5/c22-17(15-2-1-9-24-15)20-5-7-21(8-6-20)18(23)19-13-3-4-14-16(12-13)26-11-10-25-14/h3-4,12,15H,1-2,5-11H2,(H,19,23)/t15-/m0/s1. The molecule has 26 heavy (non-hydrogen) atoms. The lowest BCUT2D eigenvalue weighted by Gasteiger charge is -2.35. The van der Waals surface area contributed by atoms with E-state index in [9.17, 15) is 9.59 Å². The van der Waals surface area contributed by atoms with E-state index in [2.05, 4.69) is 5.32 Å². The van der Waals surface area contributed by atoms with Crippen molar-refractivity contribution in [1.29, 1.82) is 0 Å². The topological polar surface area (TPSA) is 80.3 Å². The van der Waals surface area contributed by atoms with Gasteiger partial charge in [0.05, 0.1) is 0 Å². The van der Waals surface area contributed by atoms with Gasteiger partial charge in [0.25, 0.3) is 5.91 Å². The molecular weight excluding hydrogens is 338 g/mol. The second-order valence-electron chi connectivity index (χ2n) is 6.60. The minimum absolute atomic E-state index is 0.0504. The van der Waals surface area contributed by atoms with Crippen molar-refractivity contribution in [2.75, 3.05) is 51.3 Å². The van der Waals surface area contributed by atoms with E-state index in [-0.39, 0.29) is 18.0 Å². The zero-order valence-corrected chi connectivity index (χ0v) is 14.6. The van der Waals surface area contributed by atoms with E-state index >= 15 is 0 Å². The Morgan fingerprint density at radius 2 is 1.69 bits per heavy atom. The lowest BCUT2D eigenvalue weighted by atomic mass is 10.2. The summed E-state index contributed by atoms with van der Waals surface area (Å²) in [5, 5.41) is 2.88. The van der Waals surface area contributed by atoms with Gasteiger partial charge in [0.2, 0.25) is 0 Å². The quantitative estimate of drug-likeness (QED) is 0.859. The third-order valence-electron chi connectivity index (χ3n) is 4.88. The van der Waals surface area contributed by atoms with Crippen LogP contribution in [0.4, 0.5) is 10.5 Å². The zero-order chi connectivity index (χ0) is 17.9. The Hall–Kier alpha value is -2.48. The molecule has 1 aromatic carbocycles. The molecule has 0 unspecified atom stereocenters. The number of piperazine rings is 1. The largest absolute Gasteiger partial charge is 0.486 e. The van der Waals surface area contributed by atoms with Crippen LogP contribution in [0.25, 0.3) is 0 Å². The lowest BCUT2D eigenvalue weighted by molar-refractivity contribution is -0.142. The first-order valence-corrected chi connectivity index (χ1v) is 9.07. The Balaban J connectivity index is 1.30. The second kappa shape index (κ2) is 7.41. The van der Waals surface area contributed by atoms with Crippen LogP contribution in [0.5, 0.6) is 11.5 Å². The van der Waals surface area contributed by atoms with Gasteiger partial charge in [0, 0.05) is 44.5 Å². The van der Waals surface area contributed by atoms with Crippen LogP contribution in [0.15, 0.2) is 18.2 Å². The van der Waals surface area contributed by atoms with Crippen molar-refractivity contribution < 1.29 is 23.8 Å². The summed E-state index contributed by atoms with van der Waals surface area (Å²) in [6, 6.07) is 5.18. The number of nitrogens with zero attached hydrogens (tertiary/aromatic N) is 2. The number of carbonyl (C=O) groups excluding carboxylic acids is 2. The van der Waals surface area contributed by atoms with Gasteiger partial charge in [-0.05, 0) is 25.0 Å². The Labute approximate surface area is 152 Å². The fourth-order valence-electron chi connectivity index (χ4n) is 3.43. The number of carbonyl (C=O) groups is 2. The molecule has 1 aromatic rings. The monoisotopic (exact) mass is 361 g/mol. The minimum Gasteiger partial charge on any atom is -0.486 e. The molecule has 0 aliphatic carbocycles. The van der Waals surface area contributed by atoms with Crippen molar-refractivity contribution in [3.05, 3.63) is 18.2 Å². The molecule has 2 fully saturated rings. The van der Waals surface area contributed by atoms with Crippen molar-refractivity contribution in [1.82, 2.24) is 9.80 Å². The van der Waals surface area contributed by atoms with Gasteiger partial charge in [-0.1, -0.05) is 0 Å². The predicted molar refractivity (Wildman–Crippen MR) is 93.6 cm³/mol. The highest BCUT2D eigenvalue weighted by Gasteiger charge is 2.31. The molecule has 3 amide bonds. The number of nitrogens with one attached hydrogen (secondary N) is 1. The van der Waals surface area contributed by atoms with Gasteiger partial charge in [0.15, 0.2) is 11.5 Å². The molecule has 0 saturated carbocycles. The average Bonchev–Trinajstić information content (AvgIpc) is 3.22. The van der Waals surface area contributed by atoms with Crippen LogP contribution in [0.1, 0.15) is 12.8 Å². The van der Waals surface area contributed by atoms with Crippen LogP contribution in [0.2, 0.25) is 0 Å². The van der Waals surface area contributed by atoms with Crippen LogP contribution in [0, 0.1) is 0 Å². The van der Waals surface area contributed by atoms with E-state index in [4.69, 9.17) is 14.2 Å². The van der Waals surface area contributed by atoms with E-state index in [1.165, 1.54) is 0 Å². The maximum Gasteiger partial charge on any atom is 0.321 e. The minimum atomic E-state index is -0.298. The Morgan fingerprint density at radius 1 is 0.962 bits per heavy atom. The van der Waals surface area contributed by atoms with Gasteiger partial charge in [-0.15, -0.1) is 0 Å². The maximum atomic E-state index is 12.5. The summed E-state index contributed by atoms with van der Waals surface area (Å²) in [4.78, 5) is 28.4. The van der Waals surface area contributed by atoms with Gasteiger partial charge < -0.3 is 29.3 Å². The first-order valence-electron chi connectivity index (χ1n) is 9.07. The van der Waals surface area contributed by atoms with Crippen molar-refractivity contribution in [3.8, 4) is 11.5 Å². The van der Waals surface area contributed by atoms with Crippen LogP contribution >= 0.6 is 0 Å². The summed E-state index contributed by atoms with van der Waals surface area (Å²) in [6.45, 7) is 3.79. The van der Waals surface area contributed by atoms with Crippen molar-refractivity contribution >= 4 is 17.6 Å². The van der Waals surface area contributed by atoms with Crippen molar-refractivity contribution in [2.45, 2.75) is 18.9 Å². The van der Waals surface area contributed by atoms with Crippen LogP contribution in [0.3, 0.4) is 0 Å². The van der Waals surface area contributed by atoms with Gasteiger partial charge in [-0.3, -0.25) is 4.79 Å². The number of fused-ring (bicyclic) bond motifs is 1. The molecular formula is C18H23N3O5. The summed E-state index contributed by atoms with van der Waals surface area (Å²) < 4.78 is 16.5. The van der Waals surface area contributed by atoms with E-state index in [1.54, 1.807) is 28.0 Å². The Morgan fingerprint density at radius 3 is 2.42 bits per heavy atom. The molecule has 3 aliphatic heterocycles. The summed E-state index contributed by atoms with van der Waals surface area (Å²) in [7, 11) is 0. The summed E-state index contributed by atoms with van der Waals surface area (Å²) in [5.74, 6) is 1.38. The van der Waals surface area contributed by atoms with E-state index in [0.29, 0.717) is 63.2 Å². The van der Waals surface area contributed by atoms with Crippen molar-refractivity contribution in [2.24, 2.45) is 0 Å². The van der Waals surface area contributed by atoms with Crippen molar-refractivity contribution in [3.63, 3.8) is 0 Å². The highest BCUT2D eigenvalue weighted by atomic mass is 16.6. The van der Waals surface area contributed by atoms with E-state index in [1.807, 2.05) is 0 Å². The lowest BCUT2D eigenvalue weighted by Crippen LogP contribution is -2.53. The second-order valence-corrected chi connectivity index (χ2v) is 6.60. The molecule has 4 rings (SSSR count). The summed E-state index contributed by atoms with van der Waals surface area (Å²) >= 11 is 0. The summed E-state index contributed by atoms with van der Waals surface area (Å²) in [6.07, 6.45) is 1.44. The number of hydrogen-bond acceptors (Lipinski definition) is 5. The molecule has 0 spiro atoms. The Bertz CT molecular complexity index is 681. The maximum absolute atomic E-state index is 12.5. The van der Waals surface area contributed by atoms with Gasteiger partial charge in [-0.2, -0.15) is 0 Å². The third kappa shape index (κ3) is 3.55. The molecule has 1 atom stereocenters. The van der Waals surface area contributed by atoms with Gasteiger partial charge in [-0.25, -0.2) is 4.79 Å². The number of rotatable bonds is 2. The van der Waals surface area contributed by atoms with Crippen LogP contribution < -0.4 is 14.8 Å². The highest BCUT2D eigenvalue weighted by Crippen LogP contribution is 2.32. The van der Waals surface area contributed by atoms with Gasteiger partial charge in [0.1, 0.15) is 19.3 Å². The number of urea groups is 1. The normalized spacial score (nSPS) is 22.2. The molecule has 3 aliphatic rings.